The summed E-state index contributed by atoms with van der Waals surface area (Å²) in [5.74, 6) is 0.927. The number of carbonyl (C=O) groups is 1. The van der Waals surface area contributed by atoms with Crippen LogP contribution in [0.25, 0.3) is 0 Å². The Morgan fingerprint density at radius 2 is 2.25 bits per heavy atom. The van der Waals surface area contributed by atoms with Gasteiger partial charge in [-0.05, 0) is 12.8 Å². The van der Waals surface area contributed by atoms with E-state index in [9.17, 15) is 4.79 Å². The molecule has 0 spiro atoms. The normalized spacial score (nSPS) is 20.1. The molecule has 46 valence electrons. The molecule has 0 amide bonds. The van der Waals surface area contributed by atoms with E-state index in [0.717, 1.165) is 19.3 Å². The molecule has 0 aromatic rings. The van der Waals surface area contributed by atoms with Crippen molar-refractivity contribution < 1.29 is 4.79 Å². The van der Waals surface area contributed by atoms with Crippen LogP contribution in [-0.4, -0.2) is 5.78 Å². The summed E-state index contributed by atoms with van der Waals surface area (Å²) in [5, 5.41) is 0. The molecular formula is C7H12O. The smallest absolute Gasteiger partial charge is 0.135 e. The van der Waals surface area contributed by atoms with Gasteiger partial charge in [0.15, 0.2) is 0 Å². The van der Waals surface area contributed by atoms with Gasteiger partial charge in [0.05, 0.1) is 0 Å². The van der Waals surface area contributed by atoms with Gasteiger partial charge in [0, 0.05) is 12.3 Å². The molecular weight excluding hydrogens is 100 g/mol. The Kier molecular flexibility index (Phi) is 1.66. The Labute approximate surface area is 50.1 Å². The average molecular weight is 112 g/mol. The van der Waals surface area contributed by atoms with E-state index in [4.69, 9.17) is 0 Å². The van der Waals surface area contributed by atoms with E-state index < -0.39 is 0 Å². The zero-order valence-electron chi connectivity index (χ0n) is 5.31. The molecule has 0 radical (unpaired) electrons. The zero-order valence-corrected chi connectivity index (χ0v) is 5.31. The highest BCUT2D eigenvalue weighted by Gasteiger charge is 2.22. The lowest BCUT2D eigenvalue weighted by atomic mass is 9.81. The summed E-state index contributed by atoms with van der Waals surface area (Å²) < 4.78 is 0. The minimum atomic E-state index is 0.458. The highest BCUT2D eigenvalue weighted by Crippen LogP contribution is 2.27. The fraction of sp³-hybridized carbons (Fsp3) is 0.857. The van der Waals surface area contributed by atoms with Gasteiger partial charge in [-0.15, -0.1) is 0 Å². The molecule has 0 saturated heterocycles. The van der Waals surface area contributed by atoms with E-state index in [1.807, 2.05) is 6.92 Å². The molecule has 1 nitrogen and oxygen atoms in total. The average Bonchev–Trinajstić information content (AvgIpc) is 1.62. The van der Waals surface area contributed by atoms with Gasteiger partial charge in [-0.2, -0.15) is 0 Å². The van der Waals surface area contributed by atoms with Crippen molar-refractivity contribution in [1.82, 2.24) is 0 Å². The second-order valence-electron chi connectivity index (χ2n) is 2.45. The molecule has 1 rings (SSSR count). The number of hydrogen-bond acceptors (Lipinski definition) is 1. The quantitative estimate of drug-likeness (QED) is 0.532. The molecule has 0 aliphatic heterocycles. The summed E-state index contributed by atoms with van der Waals surface area (Å²) in [4.78, 5) is 10.8. The maximum absolute atomic E-state index is 10.8. The lowest BCUT2D eigenvalue weighted by Gasteiger charge is -2.22. The van der Waals surface area contributed by atoms with Gasteiger partial charge in [-0.1, -0.05) is 13.3 Å². The summed E-state index contributed by atoms with van der Waals surface area (Å²) in [6, 6.07) is 0. The summed E-state index contributed by atoms with van der Waals surface area (Å²) in [7, 11) is 0. The van der Waals surface area contributed by atoms with Crippen LogP contribution in [0.3, 0.4) is 0 Å². The fourth-order valence-corrected chi connectivity index (χ4v) is 1.02. The zero-order chi connectivity index (χ0) is 5.98. The van der Waals surface area contributed by atoms with Crippen molar-refractivity contribution in [2.45, 2.75) is 32.6 Å². The van der Waals surface area contributed by atoms with E-state index >= 15 is 0 Å². The number of carbonyl (C=O) groups excluding carboxylic acids is 1. The summed E-state index contributed by atoms with van der Waals surface area (Å²) in [6.07, 6.45) is 4.33. The van der Waals surface area contributed by atoms with Crippen LogP contribution in [0.2, 0.25) is 0 Å². The minimum Gasteiger partial charge on any atom is -0.299 e. The standard InChI is InChI=1S/C7H12O/c1-2-7(8)6-4-3-5-6/h6H,2-5H2,1H3. The van der Waals surface area contributed by atoms with E-state index in [2.05, 4.69) is 0 Å². The van der Waals surface area contributed by atoms with E-state index in [-0.39, 0.29) is 0 Å². The highest BCUT2D eigenvalue weighted by atomic mass is 16.1. The first-order valence-electron chi connectivity index (χ1n) is 3.37. The second-order valence-corrected chi connectivity index (χ2v) is 2.45. The van der Waals surface area contributed by atoms with Gasteiger partial charge >= 0.3 is 0 Å². The predicted molar refractivity (Wildman–Crippen MR) is 32.6 cm³/mol. The van der Waals surface area contributed by atoms with Crippen molar-refractivity contribution in [3.05, 3.63) is 0 Å². The number of ketones is 1. The SMILES string of the molecule is CCC(=O)C1CCC1. The van der Waals surface area contributed by atoms with Crippen LogP contribution in [0.1, 0.15) is 32.6 Å². The number of rotatable bonds is 2. The van der Waals surface area contributed by atoms with Gasteiger partial charge < -0.3 is 0 Å². The van der Waals surface area contributed by atoms with Crippen LogP contribution in [0.15, 0.2) is 0 Å². The Balaban J connectivity index is 2.24. The summed E-state index contributed by atoms with van der Waals surface area (Å²) >= 11 is 0. The van der Waals surface area contributed by atoms with Gasteiger partial charge in [-0.25, -0.2) is 0 Å². The van der Waals surface area contributed by atoms with Crippen molar-refractivity contribution in [2.24, 2.45) is 5.92 Å². The molecule has 0 heterocycles. The summed E-state index contributed by atoms with van der Waals surface area (Å²) in [6.45, 7) is 1.95. The second kappa shape index (κ2) is 2.29. The van der Waals surface area contributed by atoms with Crippen LogP contribution in [-0.2, 0) is 4.79 Å². The van der Waals surface area contributed by atoms with E-state index in [1.54, 1.807) is 0 Å². The maximum atomic E-state index is 10.8. The number of Topliss-reactive ketones (excluding diaryl/α,β-unsaturated/α-hetero) is 1. The maximum Gasteiger partial charge on any atom is 0.135 e. The van der Waals surface area contributed by atoms with Gasteiger partial charge in [0.25, 0.3) is 0 Å². The molecule has 0 N–H and O–H groups in total. The van der Waals surface area contributed by atoms with Crippen molar-refractivity contribution >= 4 is 5.78 Å². The van der Waals surface area contributed by atoms with Gasteiger partial charge in [0.1, 0.15) is 5.78 Å². The van der Waals surface area contributed by atoms with E-state index in [1.165, 1.54) is 6.42 Å². The predicted octanol–water partition coefficient (Wildman–Crippen LogP) is 1.77. The molecule has 8 heavy (non-hydrogen) atoms. The first kappa shape index (κ1) is 5.80. The monoisotopic (exact) mass is 112 g/mol. The highest BCUT2D eigenvalue weighted by molar-refractivity contribution is 5.81. The lowest BCUT2D eigenvalue weighted by molar-refractivity contribution is -0.124. The molecule has 1 aliphatic carbocycles. The largest absolute Gasteiger partial charge is 0.299 e. The van der Waals surface area contributed by atoms with Gasteiger partial charge in [0.2, 0.25) is 0 Å². The number of hydrogen-bond donors (Lipinski definition) is 0. The van der Waals surface area contributed by atoms with Gasteiger partial charge in [-0.3, -0.25) is 4.79 Å². The van der Waals surface area contributed by atoms with Crippen molar-refractivity contribution in [2.75, 3.05) is 0 Å². The third kappa shape index (κ3) is 0.908. The summed E-state index contributed by atoms with van der Waals surface area (Å²) in [5.41, 5.74) is 0. The molecule has 1 saturated carbocycles. The molecule has 0 unspecified atom stereocenters. The van der Waals surface area contributed by atoms with Crippen LogP contribution in [0.4, 0.5) is 0 Å². The third-order valence-corrected chi connectivity index (χ3v) is 1.91. The van der Waals surface area contributed by atoms with Crippen LogP contribution >= 0.6 is 0 Å². The Hall–Kier alpha value is -0.330. The molecule has 1 heteroatoms. The van der Waals surface area contributed by atoms with Crippen molar-refractivity contribution in [3.8, 4) is 0 Å². The Bertz CT molecular complexity index is 92.6. The minimum absolute atomic E-state index is 0.458. The lowest BCUT2D eigenvalue weighted by Crippen LogP contribution is -2.20. The van der Waals surface area contributed by atoms with Crippen molar-refractivity contribution in [3.63, 3.8) is 0 Å². The van der Waals surface area contributed by atoms with Crippen molar-refractivity contribution in [1.29, 1.82) is 0 Å². The molecule has 0 aromatic heterocycles. The first-order valence-corrected chi connectivity index (χ1v) is 3.37. The Morgan fingerprint density at radius 3 is 2.38 bits per heavy atom. The van der Waals surface area contributed by atoms with Crippen LogP contribution < -0.4 is 0 Å². The van der Waals surface area contributed by atoms with Crippen LogP contribution in [0, 0.1) is 5.92 Å². The Morgan fingerprint density at radius 1 is 1.62 bits per heavy atom. The molecule has 0 aromatic carbocycles. The topological polar surface area (TPSA) is 17.1 Å². The third-order valence-electron chi connectivity index (χ3n) is 1.91. The molecule has 0 atom stereocenters. The van der Waals surface area contributed by atoms with E-state index in [0.29, 0.717) is 11.7 Å². The molecule has 1 fully saturated rings. The first-order chi connectivity index (χ1) is 3.84. The fourth-order valence-electron chi connectivity index (χ4n) is 1.02. The van der Waals surface area contributed by atoms with Crippen LogP contribution in [0.5, 0.6) is 0 Å². The molecule has 0 bridgehead atoms. The molecule has 1 aliphatic rings.